The topological polar surface area (TPSA) is 82.3 Å². The minimum Gasteiger partial charge on any atom is -0.493 e. The number of nitrogen functional groups attached to an aromatic ring is 1. The van der Waals surface area contributed by atoms with Gasteiger partial charge in [-0.3, -0.25) is 0 Å². The van der Waals surface area contributed by atoms with Crippen molar-refractivity contribution in [3.63, 3.8) is 0 Å². The molecule has 0 amide bonds. The zero-order valence-corrected chi connectivity index (χ0v) is 11.9. The minimum absolute atomic E-state index is 0.0584. The molecule has 2 rings (SSSR count). The molecule has 0 aliphatic rings. The Morgan fingerprint density at radius 1 is 1.19 bits per heavy atom. The highest BCUT2D eigenvalue weighted by Crippen LogP contribution is 2.35. The molecule has 0 bridgehead atoms. The number of hydrazine groups is 1. The lowest BCUT2D eigenvalue weighted by Crippen LogP contribution is -2.12. The maximum Gasteiger partial charge on any atom is 0.387 e. The maximum absolute atomic E-state index is 12.4. The lowest BCUT2D eigenvalue weighted by atomic mass is 10.1. The van der Waals surface area contributed by atoms with E-state index >= 15 is 0 Å². The maximum atomic E-state index is 12.4. The van der Waals surface area contributed by atoms with Gasteiger partial charge in [0.2, 0.25) is 0 Å². The van der Waals surface area contributed by atoms with Crippen molar-refractivity contribution in [2.75, 3.05) is 12.5 Å². The number of halogens is 2. The summed E-state index contributed by atoms with van der Waals surface area (Å²) < 4.78 is 34.4. The first-order valence-corrected chi connectivity index (χ1v) is 6.27. The van der Waals surface area contributed by atoms with Crippen LogP contribution in [0.15, 0.2) is 12.1 Å². The van der Waals surface area contributed by atoms with Crippen molar-refractivity contribution in [2.24, 2.45) is 5.84 Å². The highest BCUT2D eigenvalue weighted by atomic mass is 19.3. The molecule has 1 aromatic carbocycles. The summed E-state index contributed by atoms with van der Waals surface area (Å²) in [5, 5.41) is 0.556. The van der Waals surface area contributed by atoms with Crippen molar-refractivity contribution in [1.29, 1.82) is 0 Å². The van der Waals surface area contributed by atoms with E-state index in [0.717, 1.165) is 0 Å². The fourth-order valence-electron chi connectivity index (χ4n) is 1.87. The van der Waals surface area contributed by atoms with Gasteiger partial charge in [-0.1, -0.05) is 13.8 Å². The summed E-state index contributed by atoms with van der Waals surface area (Å²) in [4.78, 5) is 8.63. The molecule has 0 saturated carbocycles. The second kappa shape index (κ2) is 6.04. The Bertz CT molecular complexity index is 650. The Morgan fingerprint density at radius 3 is 2.43 bits per heavy atom. The van der Waals surface area contributed by atoms with E-state index in [0.29, 0.717) is 22.5 Å². The van der Waals surface area contributed by atoms with E-state index in [1.165, 1.54) is 19.2 Å². The van der Waals surface area contributed by atoms with Gasteiger partial charge in [-0.2, -0.15) is 8.78 Å². The molecule has 0 radical (unpaired) electrons. The minimum atomic E-state index is -2.95. The number of anilines is 1. The second-order valence-corrected chi connectivity index (χ2v) is 4.63. The van der Waals surface area contributed by atoms with Crippen LogP contribution in [0.25, 0.3) is 10.9 Å². The van der Waals surface area contributed by atoms with Gasteiger partial charge in [-0.15, -0.1) is 0 Å². The van der Waals surface area contributed by atoms with Gasteiger partial charge >= 0.3 is 6.61 Å². The van der Waals surface area contributed by atoms with Crippen LogP contribution in [-0.2, 0) is 0 Å². The number of nitrogens with one attached hydrogen (secondary N) is 1. The third-order valence-corrected chi connectivity index (χ3v) is 2.87. The van der Waals surface area contributed by atoms with Crippen LogP contribution in [0.1, 0.15) is 25.6 Å². The molecular formula is C13H16F2N4O2. The Hall–Kier alpha value is -2.22. The number of benzene rings is 1. The van der Waals surface area contributed by atoms with Gasteiger partial charge in [0, 0.05) is 17.4 Å². The zero-order chi connectivity index (χ0) is 15.6. The Balaban J connectivity index is 2.68. The summed E-state index contributed by atoms with van der Waals surface area (Å²) in [6.45, 7) is 0.887. The second-order valence-electron chi connectivity index (χ2n) is 4.63. The summed E-state index contributed by atoms with van der Waals surface area (Å²) in [6.07, 6.45) is 0. The van der Waals surface area contributed by atoms with Crippen LogP contribution in [-0.4, -0.2) is 23.7 Å². The predicted octanol–water partition coefficient (Wildman–Crippen LogP) is 2.65. The van der Waals surface area contributed by atoms with Crippen molar-refractivity contribution in [3.8, 4) is 11.5 Å². The summed E-state index contributed by atoms with van der Waals surface area (Å²) >= 11 is 0. The van der Waals surface area contributed by atoms with Crippen LogP contribution < -0.4 is 20.7 Å². The molecule has 3 N–H and O–H groups in total. The van der Waals surface area contributed by atoms with Crippen LogP contribution in [0.3, 0.4) is 0 Å². The van der Waals surface area contributed by atoms with E-state index in [-0.39, 0.29) is 17.4 Å². The molecule has 0 aliphatic carbocycles. The number of aromatic nitrogens is 2. The number of rotatable bonds is 5. The number of nitrogens with zero attached hydrogens (tertiary/aromatic N) is 2. The zero-order valence-electron chi connectivity index (χ0n) is 11.9. The summed E-state index contributed by atoms with van der Waals surface area (Å²) in [5.41, 5.74) is 2.92. The van der Waals surface area contributed by atoms with Crippen LogP contribution >= 0.6 is 0 Å². The van der Waals surface area contributed by atoms with Crippen molar-refractivity contribution in [1.82, 2.24) is 9.97 Å². The Labute approximate surface area is 120 Å². The van der Waals surface area contributed by atoms with E-state index in [1.807, 2.05) is 13.8 Å². The van der Waals surface area contributed by atoms with E-state index in [4.69, 9.17) is 10.6 Å². The fourth-order valence-corrected chi connectivity index (χ4v) is 1.87. The molecule has 1 heterocycles. The molecule has 114 valence electrons. The first-order chi connectivity index (χ1) is 9.96. The highest BCUT2D eigenvalue weighted by Gasteiger charge is 2.16. The molecule has 0 spiro atoms. The smallest absolute Gasteiger partial charge is 0.387 e. The van der Waals surface area contributed by atoms with Gasteiger partial charge < -0.3 is 14.9 Å². The third-order valence-electron chi connectivity index (χ3n) is 2.87. The molecular weight excluding hydrogens is 282 g/mol. The largest absolute Gasteiger partial charge is 0.493 e. The fraction of sp³-hybridized carbons (Fsp3) is 0.385. The molecule has 1 aromatic heterocycles. The van der Waals surface area contributed by atoms with Gasteiger partial charge in [-0.25, -0.2) is 15.8 Å². The number of ether oxygens (including phenoxy) is 2. The van der Waals surface area contributed by atoms with E-state index in [1.54, 1.807) is 0 Å². The van der Waals surface area contributed by atoms with Crippen LogP contribution in [0, 0.1) is 0 Å². The molecule has 0 atom stereocenters. The number of hydrogen-bond donors (Lipinski definition) is 2. The van der Waals surface area contributed by atoms with Crippen molar-refractivity contribution in [2.45, 2.75) is 26.4 Å². The quantitative estimate of drug-likeness (QED) is 0.652. The molecule has 0 fully saturated rings. The summed E-state index contributed by atoms with van der Waals surface area (Å²) in [6, 6.07) is 2.89. The lowest BCUT2D eigenvalue weighted by Gasteiger charge is -2.14. The number of hydrogen-bond acceptors (Lipinski definition) is 6. The lowest BCUT2D eigenvalue weighted by molar-refractivity contribution is -0.0511. The molecule has 0 saturated heterocycles. The average molecular weight is 298 g/mol. The number of nitrogens with two attached hydrogens (primary N) is 1. The third kappa shape index (κ3) is 3.10. The van der Waals surface area contributed by atoms with Crippen LogP contribution in [0.2, 0.25) is 0 Å². The molecule has 8 heteroatoms. The molecule has 2 aromatic rings. The molecule has 6 nitrogen and oxygen atoms in total. The normalized spacial score (nSPS) is 11.2. The van der Waals surface area contributed by atoms with E-state index in [9.17, 15) is 8.78 Å². The Morgan fingerprint density at radius 2 is 1.90 bits per heavy atom. The Kier molecular flexibility index (Phi) is 4.37. The molecule has 21 heavy (non-hydrogen) atoms. The van der Waals surface area contributed by atoms with Crippen molar-refractivity contribution >= 4 is 16.7 Å². The monoisotopic (exact) mass is 298 g/mol. The average Bonchev–Trinajstić information content (AvgIpc) is 2.44. The predicted molar refractivity (Wildman–Crippen MR) is 74.6 cm³/mol. The summed E-state index contributed by atoms with van der Waals surface area (Å²) in [5.74, 6) is 6.53. The van der Waals surface area contributed by atoms with Crippen LogP contribution in [0.4, 0.5) is 14.6 Å². The van der Waals surface area contributed by atoms with Crippen molar-refractivity contribution in [3.05, 3.63) is 18.0 Å². The van der Waals surface area contributed by atoms with E-state index in [2.05, 4.69) is 20.1 Å². The van der Waals surface area contributed by atoms with Gasteiger partial charge in [0.05, 0.1) is 12.6 Å². The number of methoxy groups -OCH3 is 1. The van der Waals surface area contributed by atoms with Crippen molar-refractivity contribution < 1.29 is 18.3 Å². The summed E-state index contributed by atoms with van der Waals surface area (Å²) in [7, 11) is 1.36. The highest BCUT2D eigenvalue weighted by molar-refractivity contribution is 5.91. The molecule has 0 unspecified atom stereocenters. The first kappa shape index (κ1) is 15.2. The molecule has 0 aliphatic heterocycles. The first-order valence-electron chi connectivity index (χ1n) is 6.27. The standard InChI is InChI=1S/C13H16F2N4O2/c1-6(2)11-17-8-5-10(21-13(14)15)9(20-3)4-7(8)12(18-11)19-16/h4-6,13H,16H2,1-3H3,(H,17,18,19). The van der Waals surface area contributed by atoms with Gasteiger partial charge in [0.1, 0.15) is 5.82 Å². The van der Waals surface area contributed by atoms with Gasteiger partial charge in [0.15, 0.2) is 17.3 Å². The van der Waals surface area contributed by atoms with Gasteiger partial charge in [0.25, 0.3) is 0 Å². The SMILES string of the molecule is COc1cc2c(NN)nc(C(C)C)nc2cc1OC(F)F. The van der Waals surface area contributed by atoms with Crippen LogP contribution in [0.5, 0.6) is 11.5 Å². The van der Waals surface area contributed by atoms with Gasteiger partial charge in [-0.05, 0) is 6.07 Å². The van der Waals surface area contributed by atoms with E-state index < -0.39 is 6.61 Å². The number of fused-ring (bicyclic) bond motifs is 1. The number of alkyl halides is 2.